The Bertz CT molecular complexity index is 916. The summed E-state index contributed by atoms with van der Waals surface area (Å²) in [4.78, 5) is 10.5. The molecular weight excluding hydrogens is 323 g/mol. The summed E-state index contributed by atoms with van der Waals surface area (Å²) in [6.45, 7) is 1.24. The van der Waals surface area contributed by atoms with Crippen molar-refractivity contribution in [3.63, 3.8) is 0 Å². The van der Waals surface area contributed by atoms with E-state index in [1.165, 1.54) is 31.2 Å². The molecule has 0 saturated carbocycles. The molecule has 0 aromatic heterocycles. The fraction of sp³-hybridized carbons (Fsp3) is 0.0667. The minimum absolute atomic E-state index is 0.171. The maximum absolute atomic E-state index is 13.8. The Labute approximate surface area is 131 Å². The molecule has 118 valence electrons. The van der Waals surface area contributed by atoms with Crippen molar-refractivity contribution in [3.05, 3.63) is 58.9 Å². The number of carbonyl (C=O) groups is 1. The van der Waals surface area contributed by atoms with Gasteiger partial charge in [0.2, 0.25) is 0 Å². The van der Waals surface area contributed by atoms with Crippen molar-refractivity contribution in [3.8, 4) is 6.07 Å². The Balaban J connectivity index is 2.46. The van der Waals surface area contributed by atoms with Gasteiger partial charge in [-0.1, -0.05) is 0 Å². The van der Waals surface area contributed by atoms with Crippen LogP contribution in [0.5, 0.6) is 0 Å². The van der Waals surface area contributed by atoms with Crippen molar-refractivity contribution in [1.82, 2.24) is 0 Å². The van der Waals surface area contributed by atoms with E-state index >= 15 is 0 Å². The molecule has 0 atom stereocenters. The highest BCUT2D eigenvalue weighted by Gasteiger charge is 2.22. The van der Waals surface area contributed by atoms with Crippen molar-refractivity contribution >= 4 is 21.7 Å². The molecule has 0 aliphatic carbocycles. The van der Waals surface area contributed by atoms with E-state index in [0.717, 1.165) is 12.1 Å². The van der Waals surface area contributed by atoms with E-state index in [1.54, 1.807) is 0 Å². The third kappa shape index (κ3) is 3.46. The summed E-state index contributed by atoms with van der Waals surface area (Å²) < 4.78 is 40.7. The lowest BCUT2D eigenvalue weighted by molar-refractivity contribution is 0.0696. The van der Waals surface area contributed by atoms with Gasteiger partial charge in [-0.3, -0.25) is 4.72 Å². The number of carboxylic acids is 1. The second-order valence-corrected chi connectivity index (χ2v) is 6.33. The highest BCUT2D eigenvalue weighted by Crippen LogP contribution is 2.23. The van der Waals surface area contributed by atoms with Crippen LogP contribution < -0.4 is 4.72 Å². The number of sulfonamides is 1. The van der Waals surface area contributed by atoms with Crippen LogP contribution in [0, 0.1) is 24.1 Å². The van der Waals surface area contributed by atoms with Crippen LogP contribution in [0.2, 0.25) is 0 Å². The minimum Gasteiger partial charge on any atom is -0.478 e. The lowest BCUT2D eigenvalue weighted by Crippen LogP contribution is -2.16. The predicted octanol–water partition coefficient (Wildman–Crippen LogP) is 2.50. The molecule has 0 aliphatic heterocycles. The molecule has 0 spiro atoms. The van der Waals surface area contributed by atoms with Gasteiger partial charge < -0.3 is 5.11 Å². The zero-order valence-corrected chi connectivity index (χ0v) is 12.7. The number of nitriles is 1. The number of hydrogen-bond acceptors (Lipinski definition) is 4. The monoisotopic (exact) mass is 334 g/mol. The van der Waals surface area contributed by atoms with Gasteiger partial charge in [0.05, 0.1) is 22.1 Å². The topological polar surface area (TPSA) is 107 Å². The molecule has 8 heteroatoms. The summed E-state index contributed by atoms with van der Waals surface area (Å²) in [7, 11) is -4.18. The van der Waals surface area contributed by atoms with Gasteiger partial charge in [0, 0.05) is 11.3 Å². The number of hydrogen-bond donors (Lipinski definition) is 2. The second-order valence-electron chi connectivity index (χ2n) is 4.68. The van der Waals surface area contributed by atoms with Crippen molar-refractivity contribution in [2.24, 2.45) is 0 Å². The SMILES string of the molecule is Cc1c(F)cc(C(=O)O)cc1S(=O)(=O)Nc1ccc(C#N)cc1. The molecule has 2 N–H and O–H groups in total. The molecule has 23 heavy (non-hydrogen) atoms. The molecule has 6 nitrogen and oxygen atoms in total. The standard InChI is InChI=1S/C15H11FN2O4S/c1-9-13(16)6-11(15(19)20)7-14(9)23(21,22)18-12-4-2-10(8-17)3-5-12/h2-7,18H,1H3,(H,19,20). The number of halogens is 1. The second kappa shape index (κ2) is 6.06. The van der Waals surface area contributed by atoms with E-state index in [4.69, 9.17) is 10.4 Å². The van der Waals surface area contributed by atoms with Crippen LogP contribution in [0.1, 0.15) is 21.5 Å². The van der Waals surface area contributed by atoms with Gasteiger partial charge in [0.25, 0.3) is 10.0 Å². The van der Waals surface area contributed by atoms with Gasteiger partial charge in [-0.15, -0.1) is 0 Å². The predicted molar refractivity (Wildman–Crippen MR) is 80.1 cm³/mol. The van der Waals surface area contributed by atoms with Gasteiger partial charge in [-0.05, 0) is 43.3 Å². The molecular formula is C15H11FN2O4S. The number of aromatic carboxylic acids is 1. The minimum atomic E-state index is -4.18. The first-order chi connectivity index (χ1) is 10.7. The van der Waals surface area contributed by atoms with Gasteiger partial charge in [-0.2, -0.15) is 5.26 Å². The van der Waals surface area contributed by atoms with Gasteiger partial charge in [0.1, 0.15) is 5.82 Å². The number of benzene rings is 2. The lowest BCUT2D eigenvalue weighted by atomic mass is 10.1. The molecule has 0 radical (unpaired) electrons. The maximum Gasteiger partial charge on any atom is 0.335 e. The van der Waals surface area contributed by atoms with Crippen molar-refractivity contribution in [1.29, 1.82) is 5.26 Å². The number of nitrogens with zero attached hydrogens (tertiary/aromatic N) is 1. The van der Waals surface area contributed by atoms with Crippen LogP contribution in [0.3, 0.4) is 0 Å². The molecule has 2 aromatic carbocycles. The van der Waals surface area contributed by atoms with Crippen LogP contribution in [0.15, 0.2) is 41.3 Å². The average molecular weight is 334 g/mol. The largest absolute Gasteiger partial charge is 0.478 e. The molecule has 0 heterocycles. The van der Waals surface area contributed by atoms with Gasteiger partial charge in [-0.25, -0.2) is 17.6 Å². The van der Waals surface area contributed by atoms with Crippen molar-refractivity contribution in [2.45, 2.75) is 11.8 Å². The number of carboxylic acid groups (broad SMARTS) is 1. The number of anilines is 1. The maximum atomic E-state index is 13.8. The Kier molecular flexibility index (Phi) is 4.33. The van der Waals surface area contributed by atoms with Gasteiger partial charge >= 0.3 is 5.97 Å². The summed E-state index contributed by atoms with van der Waals surface area (Å²) in [6, 6.07) is 9.14. The zero-order valence-electron chi connectivity index (χ0n) is 11.9. The summed E-state index contributed by atoms with van der Waals surface area (Å²) >= 11 is 0. The normalized spacial score (nSPS) is 10.8. The molecule has 0 bridgehead atoms. The van der Waals surface area contributed by atoms with Crippen LogP contribution in [-0.2, 0) is 10.0 Å². The van der Waals surface area contributed by atoms with E-state index in [-0.39, 0.29) is 11.3 Å². The van der Waals surface area contributed by atoms with E-state index in [0.29, 0.717) is 5.56 Å². The fourth-order valence-electron chi connectivity index (χ4n) is 1.88. The van der Waals surface area contributed by atoms with Crippen LogP contribution >= 0.6 is 0 Å². The molecule has 0 unspecified atom stereocenters. The van der Waals surface area contributed by atoms with Crippen molar-refractivity contribution < 1.29 is 22.7 Å². The number of rotatable bonds is 4. The first-order valence-corrected chi connectivity index (χ1v) is 7.79. The van der Waals surface area contributed by atoms with Gasteiger partial charge in [0.15, 0.2) is 0 Å². The smallest absolute Gasteiger partial charge is 0.335 e. The summed E-state index contributed by atoms with van der Waals surface area (Å²) in [6.07, 6.45) is 0. The van der Waals surface area contributed by atoms with E-state index in [2.05, 4.69) is 4.72 Å². The van der Waals surface area contributed by atoms with Crippen LogP contribution in [-0.4, -0.2) is 19.5 Å². The first kappa shape index (κ1) is 16.5. The highest BCUT2D eigenvalue weighted by atomic mass is 32.2. The van der Waals surface area contributed by atoms with E-state index in [1.807, 2.05) is 6.07 Å². The lowest BCUT2D eigenvalue weighted by Gasteiger charge is -2.12. The van der Waals surface area contributed by atoms with Crippen molar-refractivity contribution in [2.75, 3.05) is 4.72 Å². The molecule has 0 saturated heterocycles. The Hall–Kier alpha value is -2.92. The first-order valence-electron chi connectivity index (χ1n) is 6.31. The molecule has 2 rings (SSSR count). The average Bonchev–Trinajstić information content (AvgIpc) is 2.49. The Morgan fingerprint density at radius 2 is 1.87 bits per heavy atom. The molecule has 0 fully saturated rings. The Morgan fingerprint density at radius 1 is 1.26 bits per heavy atom. The summed E-state index contributed by atoms with van der Waals surface area (Å²) in [5, 5.41) is 17.6. The third-order valence-electron chi connectivity index (χ3n) is 3.10. The molecule has 0 amide bonds. The fourth-order valence-corrected chi connectivity index (χ4v) is 3.22. The number of nitrogens with one attached hydrogen (secondary N) is 1. The molecule has 0 aliphatic rings. The summed E-state index contributed by atoms with van der Waals surface area (Å²) in [5.41, 5.74) is -0.128. The quantitative estimate of drug-likeness (QED) is 0.893. The third-order valence-corrected chi connectivity index (χ3v) is 4.61. The summed E-state index contributed by atoms with van der Waals surface area (Å²) in [5.74, 6) is -2.36. The van der Waals surface area contributed by atoms with Crippen LogP contribution in [0.25, 0.3) is 0 Å². The highest BCUT2D eigenvalue weighted by molar-refractivity contribution is 7.92. The zero-order chi connectivity index (χ0) is 17.2. The van der Waals surface area contributed by atoms with Crippen LogP contribution in [0.4, 0.5) is 10.1 Å². The Morgan fingerprint density at radius 3 is 2.39 bits per heavy atom. The molecule has 2 aromatic rings. The van der Waals surface area contributed by atoms with E-state index in [9.17, 15) is 17.6 Å². The van der Waals surface area contributed by atoms with E-state index < -0.39 is 32.3 Å².